The number of nitrogens with one attached hydrogen (secondary N) is 1. The van der Waals surface area contributed by atoms with Gasteiger partial charge in [-0.15, -0.1) is 0 Å². The van der Waals surface area contributed by atoms with Crippen molar-refractivity contribution in [1.29, 1.82) is 0 Å². The van der Waals surface area contributed by atoms with Crippen LogP contribution in [0, 0.1) is 18.7 Å². The van der Waals surface area contributed by atoms with Crippen LogP contribution in [-0.2, 0) is 0 Å². The van der Waals surface area contributed by atoms with Crippen LogP contribution < -0.4 is 5.32 Å². The van der Waals surface area contributed by atoms with Crippen LogP contribution in [0.15, 0.2) is 18.2 Å². The number of hydrogen-bond acceptors (Lipinski definition) is 1. The molecule has 94 valence electrons. The molecule has 0 radical (unpaired) electrons. The maximum Gasteiger partial charge on any atom is 0.254 e. The molecular formula is C14H20FNO. The van der Waals surface area contributed by atoms with Crippen molar-refractivity contribution >= 4 is 5.91 Å². The molecule has 0 saturated heterocycles. The van der Waals surface area contributed by atoms with Gasteiger partial charge in [0.05, 0.1) is 5.56 Å². The Morgan fingerprint density at radius 1 is 1.41 bits per heavy atom. The van der Waals surface area contributed by atoms with Crippen molar-refractivity contribution in [3.8, 4) is 0 Å². The quantitative estimate of drug-likeness (QED) is 0.855. The molecule has 0 spiro atoms. The molecule has 1 amide bonds. The molecule has 0 aliphatic rings. The molecule has 1 unspecified atom stereocenters. The van der Waals surface area contributed by atoms with E-state index in [9.17, 15) is 9.18 Å². The van der Waals surface area contributed by atoms with E-state index in [0.717, 1.165) is 12.0 Å². The zero-order valence-electron chi connectivity index (χ0n) is 10.9. The molecule has 1 aromatic rings. The zero-order chi connectivity index (χ0) is 13.0. The molecule has 2 nitrogen and oxygen atoms in total. The molecule has 1 N–H and O–H groups in total. The van der Waals surface area contributed by atoms with Gasteiger partial charge in [0.25, 0.3) is 5.91 Å². The molecule has 0 heterocycles. The second-order valence-corrected chi connectivity index (χ2v) is 4.72. The van der Waals surface area contributed by atoms with Crippen molar-refractivity contribution in [2.75, 3.05) is 0 Å². The molecule has 1 aromatic carbocycles. The zero-order valence-corrected chi connectivity index (χ0v) is 10.9. The maximum atomic E-state index is 13.6. The molecule has 0 aliphatic carbocycles. The Morgan fingerprint density at radius 2 is 2.06 bits per heavy atom. The summed E-state index contributed by atoms with van der Waals surface area (Å²) in [5.41, 5.74) is 0.935. The van der Waals surface area contributed by atoms with Gasteiger partial charge in [-0.05, 0) is 37.0 Å². The van der Waals surface area contributed by atoms with Crippen LogP contribution in [0.4, 0.5) is 4.39 Å². The van der Waals surface area contributed by atoms with E-state index in [4.69, 9.17) is 0 Å². The first-order chi connectivity index (χ1) is 7.95. The Hall–Kier alpha value is -1.38. The predicted octanol–water partition coefficient (Wildman–Crippen LogP) is 3.30. The molecule has 17 heavy (non-hydrogen) atoms. The van der Waals surface area contributed by atoms with Crippen molar-refractivity contribution in [2.24, 2.45) is 5.92 Å². The summed E-state index contributed by atoms with van der Waals surface area (Å²) in [7, 11) is 0. The summed E-state index contributed by atoms with van der Waals surface area (Å²) < 4.78 is 13.6. The first kappa shape index (κ1) is 13.7. The molecule has 0 saturated carbocycles. The topological polar surface area (TPSA) is 29.1 Å². The molecule has 0 aromatic heterocycles. The molecular weight excluding hydrogens is 217 g/mol. The summed E-state index contributed by atoms with van der Waals surface area (Å²) >= 11 is 0. The second-order valence-electron chi connectivity index (χ2n) is 4.72. The van der Waals surface area contributed by atoms with Crippen LogP contribution in [0.25, 0.3) is 0 Å². The number of amides is 1. The van der Waals surface area contributed by atoms with Crippen LogP contribution >= 0.6 is 0 Å². The van der Waals surface area contributed by atoms with Gasteiger partial charge in [-0.2, -0.15) is 0 Å². The lowest BCUT2D eigenvalue weighted by Crippen LogP contribution is -2.38. The third-order valence-corrected chi connectivity index (χ3v) is 2.93. The Kier molecular flexibility index (Phi) is 4.67. The van der Waals surface area contributed by atoms with Crippen LogP contribution in [0.1, 0.15) is 43.1 Å². The lowest BCUT2D eigenvalue weighted by atomic mass is 10.0. The standard InChI is InChI=1S/C14H20FNO/c1-5-13(9(2)3)16-14(17)11-7-6-10(4)8-12(11)15/h6-9,13H,5H2,1-4H3,(H,16,17). The Labute approximate surface area is 102 Å². The van der Waals surface area contributed by atoms with Crippen molar-refractivity contribution in [2.45, 2.75) is 40.2 Å². The van der Waals surface area contributed by atoms with Crippen LogP contribution in [0.2, 0.25) is 0 Å². The van der Waals surface area contributed by atoms with Gasteiger partial charge < -0.3 is 5.32 Å². The smallest absolute Gasteiger partial charge is 0.254 e. The minimum absolute atomic E-state index is 0.0863. The van der Waals surface area contributed by atoms with Gasteiger partial charge in [-0.3, -0.25) is 4.79 Å². The number of carbonyl (C=O) groups is 1. The number of carbonyl (C=O) groups excluding carboxylic acids is 1. The fraction of sp³-hybridized carbons (Fsp3) is 0.500. The first-order valence-electron chi connectivity index (χ1n) is 6.02. The van der Waals surface area contributed by atoms with E-state index < -0.39 is 5.82 Å². The lowest BCUT2D eigenvalue weighted by Gasteiger charge is -2.20. The monoisotopic (exact) mass is 237 g/mol. The van der Waals surface area contributed by atoms with Crippen molar-refractivity contribution in [3.63, 3.8) is 0 Å². The number of rotatable bonds is 4. The average molecular weight is 237 g/mol. The van der Waals surface area contributed by atoms with E-state index in [1.165, 1.54) is 12.1 Å². The molecule has 1 atom stereocenters. The number of hydrogen-bond donors (Lipinski definition) is 1. The van der Waals surface area contributed by atoms with Crippen molar-refractivity contribution < 1.29 is 9.18 Å². The number of halogens is 1. The van der Waals surface area contributed by atoms with Gasteiger partial charge in [0.15, 0.2) is 0 Å². The molecule has 0 fully saturated rings. The number of benzene rings is 1. The molecule has 0 bridgehead atoms. The summed E-state index contributed by atoms with van der Waals surface area (Å²) in [6.07, 6.45) is 0.844. The third kappa shape index (κ3) is 3.55. The molecule has 3 heteroatoms. The minimum Gasteiger partial charge on any atom is -0.349 e. The molecule has 0 aliphatic heterocycles. The van der Waals surface area contributed by atoms with Gasteiger partial charge in [0.2, 0.25) is 0 Å². The third-order valence-electron chi connectivity index (χ3n) is 2.93. The normalized spacial score (nSPS) is 12.6. The predicted molar refractivity (Wildman–Crippen MR) is 67.5 cm³/mol. The van der Waals surface area contributed by atoms with Crippen LogP contribution in [0.5, 0.6) is 0 Å². The maximum absolute atomic E-state index is 13.6. The van der Waals surface area contributed by atoms with Crippen LogP contribution in [-0.4, -0.2) is 11.9 Å². The largest absolute Gasteiger partial charge is 0.349 e. The summed E-state index contributed by atoms with van der Waals surface area (Å²) in [4.78, 5) is 11.9. The van der Waals surface area contributed by atoms with E-state index in [1.54, 1.807) is 13.0 Å². The fourth-order valence-corrected chi connectivity index (χ4v) is 1.79. The number of aryl methyl sites for hydroxylation is 1. The SMILES string of the molecule is CCC(NC(=O)c1ccc(C)cc1F)C(C)C. The summed E-state index contributed by atoms with van der Waals surface area (Å²) in [5.74, 6) is -0.443. The molecule has 1 rings (SSSR count). The Bertz CT molecular complexity index is 401. The van der Waals surface area contributed by atoms with Gasteiger partial charge in [-0.1, -0.05) is 26.8 Å². The second kappa shape index (κ2) is 5.80. The van der Waals surface area contributed by atoms with Gasteiger partial charge in [0, 0.05) is 6.04 Å². The Morgan fingerprint density at radius 3 is 2.53 bits per heavy atom. The highest BCUT2D eigenvalue weighted by molar-refractivity contribution is 5.94. The van der Waals surface area contributed by atoms with E-state index >= 15 is 0 Å². The Balaban J connectivity index is 2.82. The van der Waals surface area contributed by atoms with Crippen molar-refractivity contribution in [1.82, 2.24) is 5.32 Å². The van der Waals surface area contributed by atoms with Gasteiger partial charge in [-0.25, -0.2) is 4.39 Å². The average Bonchev–Trinajstić information content (AvgIpc) is 2.24. The summed E-state index contributed by atoms with van der Waals surface area (Å²) in [6.45, 7) is 7.89. The highest BCUT2D eigenvalue weighted by Gasteiger charge is 2.17. The minimum atomic E-state index is -0.457. The van der Waals surface area contributed by atoms with Gasteiger partial charge in [0.1, 0.15) is 5.82 Å². The lowest BCUT2D eigenvalue weighted by molar-refractivity contribution is 0.0920. The first-order valence-corrected chi connectivity index (χ1v) is 6.02. The highest BCUT2D eigenvalue weighted by Crippen LogP contribution is 2.12. The van der Waals surface area contributed by atoms with E-state index in [0.29, 0.717) is 5.92 Å². The van der Waals surface area contributed by atoms with Gasteiger partial charge >= 0.3 is 0 Å². The fourth-order valence-electron chi connectivity index (χ4n) is 1.79. The van der Waals surface area contributed by atoms with Crippen molar-refractivity contribution in [3.05, 3.63) is 35.1 Å². The van der Waals surface area contributed by atoms with E-state index in [2.05, 4.69) is 5.32 Å². The van der Waals surface area contributed by atoms with E-state index in [-0.39, 0.29) is 17.5 Å². The van der Waals surface area contributed by atoms with E-state index in [1.807, 2.05) is 20.8 Å². The van der Waals surface area contributed by atoms with Crippen LogP contribution in [0.3, 0.4) is 0 Å². The summed E-state index contributed by atoms with van der Waals surface area (Å²) in [5, 5.41) is 2.86. The highest BCUT2D eigenvalue weighted by atomic mass is 19.1. The summed E-state index contributed by atoms with van der Waals surface area (Å²) in [6, 6.07) is 4.75.